The van der Waals surface area contributed by atoms with Crippen LogP contribution in [-0.4, -0.2) is 6.54 Å². The van der Waals surface area contributed by atoms with E-state index in [4.69, 9.17) is 5.26 Å². The molecule has 0 spiro atoms. The fourth-order valence-electron chi connectivity index (χ4n) is 2.85. The number of aryl methyl sites for hydroxylation is 1. The van der Waals surface area contributed by atoms with Crippen molar-refractivity contribution in [1.29, 1.82) is 5.26 Å². The molecule has 1 aliphatic carbocycles. The summed E-state index contributed by atoms with van der Waals surface area (Å²) in [6, 6.07) is 11.4. The summed E-state index contributed by atoms with van der Waals surface area (Å²) in [6.07, 6.45) is 2.34. The molecule has 2 heteroatoms. The Balaban J connectivity index is 2.24. The van der Waals surface area contributed by atoms with Crippen LogP contribution in [0.1, 0.15) is 51.3 Å². The maximum absolute atomic E-state index is 9.16. The predicted octanol–water partition coefficient (Wildman–Crippen LogP) is 3.84. The van der Waals surface area contributed by atoms with Gasteiger partial charge in [-0.1, -0.05) is 38.1 Å². The van der Waals surface area contributed by atoms with Gasteiger partial charge >= 0.3 is 0 Å². The average Bonchev–Trinajstić information content (AvgIpc) is 2.37. The zero-order valence-corrected chi connectivity index (χ0v) is 12.5. The first-order chi connectivity index (χ1) is 8.86. The minimum Gasteiger partial charge on any atom is -0.308 e. The molecule has 0 aliphatic heterocycles. The van der Waals surface area contributed by atoms with Crippen LogP contribution in [-0.2, 0) is 6.42 Å². The van der Waals surface area contributed by atoms with E-state index in [-0.39, 0.29) is 10.8 Å². The van der Waals surface area contributed by atoms with E-state index in [1.54, 1.807) is 0 Å². The van der Waals surface area contributed by atoms with Crippen LogP contribution in [0.4, 0.5) is 0 Å². The van der Waals surface area contributed by atoms with Gasteiger partial charge in [0.25, 0.3) is 0 Å². The summed E-state index contributed by atoms with van der Waals surface area (Å²) < 4.78 is 0. The van der Waals surface area contributed by atoms with Crippen molar-refractivity contribution in [3.8, 4) is 6.07 Å². The molecule has 0 heterocycles. The van der Waals surface area contributed by atoms with Gasteiger partial charge in [-0.25, -0.2) is 0 Å². The Morgan fingerprint density at radius 1 is 1.37 bits per heavy atom. The number of benzene rings is 1. The molecule has 1 aliphatic rings. The van der Waals surface area contributed by atoms with Crippen molar-refractivity contribution < 1.29 is 0 Å². The van der Waals surface area contributed by atoms with Crippen molar-refractivity contribution in [2.24, 2.45) is 10.8 Å². The van der Waals surface area contributed by atoms with E-state index in [2.05, 4.69) is 49.5 Å². The predicted molar refractivity (Wildman–Crippen MR) is 78.7 cm³/mol. The van der Waals surface area contributed by atoms with Crippen LogP contribution < -0.4 is 5.32 Å². The number of nitriles is 1. The van der Waals surface area contributed by atoms with E-state index < -0.39 is 0 Å². The maximum atomic E-state index is 9.16. The van der Waals surface area contributed by atoms with Gasteiger partial charge in [0.2, 0.25) is 0 Å². The SMILES string of the molecule is CC(C)(C#N)CNC1c2ccccc2CCC1(C)C. The fourth-order valence-corrected chi connectivity index (χ4v) is 2.85. The quantitative estimate of drug-likeness (QED) is 0.892. The molecule has 0 radical (unpaired) electrons. The highest BCUT2D eigenvalue weighted by Crippen LogP contribution is 2.43. The van der Waals surface area contributed by atoms with Gasteiger partial charge in [0.05, 0.1) is 11.5 Å². The van der Waals surface area contributed by atoms with E-state index in [1.165, 1.54) is 17.5 Å². The molecule has 1 atom stereocenters. The number of fused-ring (bicyclic) bond motifs is 1. The lowest BCUT2D eigenvalue weighted by atomic mass is 9.70. The van der Waals surface area contributed by atoms with Crippen LogP contribution in [0, 0.1) is 22.2 Å². The number of nitrogens with zero attached hydrogens (tertiary/aromatic N) is 1. The van der Waals surface area contributed by atoms with Crippen LogP contribution in [0.5, 0.6) is 0 Å². The standard InChI is InChI=1S/C17H24N2/c1-16(2,11-18)12-19-15-14-8-6-5-7-13(14)9-10-17(15,3)4/h5-8,15,19H,9-10,12H2,1-4H3. The summed E-state index contributed by atoms with van der Waals surface area (Å²) in [4.78, 5) is 0. The Kier molecular flexibility index (Phi) is 3.69. The summed E-state index contributed by atoms with van der Waals surface area (Å²) in [5, 5.41) is 12.8. The molecule has 19 heavy (non-hydrogen) atoms. The van der Waals surface area contributed by atoms with E-state index in [0.717, 1.165) is 13.0 Å². The number of hydrogen-bond acceptors (Lipinski definition) is 2. The van der Waals surface area contributed by atoms with Gasteiger partial charge in [-0.2, -0.15) is 5.26 Å². The zero-order valence-electron chi connectivity index (χ0n) is 12.5. The Morgan fingerprint density at radius 2 is 2.05 bits per heavy atom. The highest BCUT2D eigenvalue weighted by atomic mass is 14.9. The van der Waals surface area contributed by atoms with Crippen molar-refractivity contribution in [2.45, 2.75) is 46.6 Å². The molecule has 2 nitrogen and oxygen atoms in total. The highest BCUT2D eigenvalue weighted by molar-refractivity contribution is 5.34. The fraction of sp³-hybridized carbons (Fsp3) is 0.588. The van der Waals surface area contributed by atoms with Crippen molar-refractivity contribution >= 4 is 0 Å². The van der Waals surface area contributed by atoms with Crippen LogP contribution in [0.2, 0.25) is 0 Å². The first kappa shape index (κ1) is 14.1. The molecule has 102 valence electrons. The molecule has 1 unspecified atom stereocenters. The highest BCUT2D eigenvalue weighted by Gasteiger charge is 2.36. The Hall–Kier alpha value is -1.33. The Bertz CT molecular complexity index is 494. The Morgan fingerprint density at radius 3 is 2.74 bits per heavy atom. The number of hydrogen-bond donors (Lipinski definition) is 1. The van der Waals surface area contributed by atoms with Gasteiger partial charge in [-0.05, 0) is 43.2 Å². The Labute approximate surface area is 116 Å². The summed E-state index contributed by atoms with van der Waals surface area (Å²) in [7, 11) is 0. The van der Waals surface area contributed by atoms with E-state index in [0.29, 0.717) is 6.04 Å². The molecular weight excluding hydrogens is 232 g/mol. The van der Waals surface area contributed by atoms with Crippen LogP contribution in [0.3, 0.4) is 0 Å². The van der Waals surface area contributed by atoms with Gasteiger partial charge in [-0.15, -0.1) is 0 Å². The smallest absolute Gasteiger partial charge is 0.0697 e. The second kappa shape index (κ2) is 4.98. The molecular formula is C17H24N2. The second-order valence-corrected chi connectivity index (χ2v) is 7.00. The lowest BCUT2D eigenvalue weighted by molar-refractivity contribution is 0.198. The van der Waals surface area contributed by atoms with Crippen LogP contribution >= 0.6 is 0 Å². The van der Waals surface area contributed by atoms with Gasteiger partial charge < -0.3 is 5.32 Å². The third-order valence-electron chi connectivity index (χ3n) is 4.24. The second-order valence-electron chi connectivity index (χ2n) is 7.00. The van der Waals surface area contributed by atoms with Crippen LogP contribution in [0.25, 0.3) is 0 Å². The normalized spacial score (nSPS) is 21.5. The largest absolute Gasteiger partial charge is 0.308 e. The summed E-state index contributed by atoms with van der Waals surface area (Å²) in [5.41, 5.74) is 2.78. The monoisotopic (exact) mass is 256 g/mol. The minimum absolute atomic E-state index is 0.236. The van der Waals surface area contributed by atoms with Crippen molar-refractivity contribution in [2.75, 3.05) is 6.54 Å². The topological polar surface area (TPSA) is 35.8 Å². The average molecular weight is 256 g/mol. The molecule has 0 aromatic heterocycles. The molecule has 1 N–H and O–H groups in total. The summed E-state index contributed by atoms with van der Waals surface area (Å²) in [5.74, 6) is 0. The molecule has 2 rings (SSSR count). The number of rotatable bonds is 3. The summed E-state index contributed by atoms with van der Waals surface area (Å²) >= 11 is 0. The molecule has 0 bridgehead atoms. The lowest BCUT2D eigenvalue weighted by Crippen LogP contribution is -2.41. The number of nitrogens with one attached hydrogen (secondary N) is 1. The molecule has 0 saturated heterocycles. The third kappa shape index (κ3) is 2.98. The van der Waals surface area contributed by atoms with E-state index in [9.17, 15) is 0 Å². The molecule has 1 aromatic carbocycles. The first-order valence-electron chi connectivity index (χ1n) is 7.08. The zero-order chi connectivity index (χ0) is 14.1. The van der Waals surface area contributed by atoms with Gasteiger partial charge in [0.15, 0.2) is 0 Å². The van der Waals surface area contributed by atoms with Gasteiger partial charge in [-0.3, -0.25) is 0 Å². The van der Waals surface area contributed by atoms with Crippen molar-refractivity contribution in [1.82, 2.24) is 5.32 Å². The van der Waals surface area contributed by atoms with Crippen LogP contribution in [0.15, 0.2) is 24.3 Å². The van der Waals surface area contributed by atoms with Gasteiger partial charge in [0, 0.05) is 12.6 Å². The first-order valence-corrected chi connectivity index (χ1v) is 7.08. The molecule has 0 fully saturated rings. The molecule has 0 saturated carbocycles. The third-order valence-corrected chi connectivity index (χ3v) is 4.24. The van der Waals surface area contributed by atoms with E-state index >= 15 is 0 Å². The molecule has 0 amide bonds. The van der Waals surface area contributed by atoms with E-state index in [1.807, 2.05) is 13.8 Å². The van der Waals surface area contributed by atoms with Gasteiger partial charge in [0.1, 0.15) is 0 Å². The van der Waals surface area contributed by atoms with Crippen molar-refractivity contribution in [3.63, 3.8) is 0 Å². The summed E-state index contributed by atoms with van der Waals surface area (Å²) in [6.45, 7) is 9.34. The molecule has 1 aromatic rings. The minimum atomic E-state index is -0.317. The van der Waals surface area contributed by atoms with Crippen molar-refractivity contribution in [3.05, 3.63) is 35.4 Å². The maximum Gasteiger partial charge on any atom is 0.0697 e. The lowest BCUT2D eigenvalue weighted by Gasteiger charge is -2.41.